The predicted molar refractivity (Wildman–Crippen MR) is 187 cm³/mol. The van der Waals surface area contributed by atoms with Gasteiger partial charge in [-0.15, -0.1) is 11.3 Å². The molecule has 0 saturated carbocycles. The van der Waals surface area contributed by atoms with E-state index in [1.54, 1.807) is 12.3 Å². The maximum atomic E-state index is 13.8. The van der Waals surface area contributed by atoms with Crippen molar-refractivity contribution in [3.63, 3.8) is 0 Å². The third-order valence-electron chi connectivity index (χ3n) is 8.38. The number of halogens is 1. The molecule has 3 atom stereocenters. The van der Waals surface area contributed by atoms with Gasteiger partial charge in [0.2, 0.25) is 11.8 Å². The van der Waals surface area contributed by atoms with Crippen LogP contribution in [0.15, 0.2) is 60.0 Å². The Balaban J connectivity index is 1.56. The molecule has 12 nitrogen and oxygen atoms in total. The number of rotatable bonds is 6. The van der Waals surface area contributed by atoms with Gasteiger partial charge in [0.25, 0.3) is 11.8 Å². The number of thiazole rings is 1. The summed E-state index contributed by atoms with van der Waals surface area (Å²) in [4.78, 5) is 65.5. The van der Waals surface area contributed by atoms with Crippen LogP contribution in [0.25, 0.3) is 0 Å². The van der Waals surface area contributed by atoms with Crippen LogP contribution in [0.5, 0.6) is 0 Å². The normalized spacial score (nSPS) is 19.3. The third-order valence-corrected chi connectivity index (χ3v) is 9.33. The van der Waals surface area contributed by atoms with Crippen molar-refractivity contribution in [2.75, 3.05) is 13.1 Å². The summed E-state index contributed by atoms with van der Waals surface area (Å²) in [6.45, 7) is 9.06. The van der Waals surface area contributed by atoms with E-state index in [4.69, 9.17) is 0 Å². The number of aromatic nitrogens is 4. The molecule has 50 heavy (non-hydrogen) atoms. The van der Waals surface area contributed by atoms with Crippen LogP contribution in [0.4, 0.5) is 4.39 Å². The lowest BCUT2D eigenvalue weighted by Gasteiger charge is -2.31. The first-order valence-electron chi connectivity index (χ1n) is 16.7. The highest BCUT2D eigenvalue weighted by atomic mass is 32.1. The van der Waals surface area contributed by atoms with Crippen molar-refractivity contribution in [3.05, 3.63) is 99.3 Å². The summed E-state index contributed by atoms with van der Waals surface area (Å²) >= 11 is 1.27. The number of amides is 4. The van der Waals surface area contributed by atoms with Gasteiger partial charge in [-0.1, -0.05) is 58.0 Å². The molecule has 2 aromatic carbocycles. The molecule has 0 unspecified atom stereocenters. The number of fused-ring (bicyclic) bond motifs is 3. The first kappa shape index (κ1) is 36.3. The van der Waals surface area contributed by atoms with Gasteiger partial charge in [-0.2, -0.15) is 5.10 Å². The molecule has 2 aromatic heterocycles. The Morgan fingerprint density at radius 3 is 2.30 bits per heavy atom. The maximum Gasteiger partial charge on any atom is 0.271 e. The standard InChI is InChI=1S/C36H43FN8O4S/c1-21(2)15-28-35-42-30(20-50-35)34(48)41-27(16-24-9-7-6-8-10-24)33-38-23(5)43-45(33)19-32(47)40-29(22(3)4)17-44(18-31(46)39-28)36(49)25-11-13-26(37)14-12-25/h6-14,20-22,27-29H,15-19H2,1-5H3,(H,39,46)(H,40,47)(H,41,48)/t27-,28-,29+/m0/s1. The summed E-state index contributed by atoms with van der Waals surface area (Å²) in [7, 11) is 0. The highest BCUT2D eigenvalue weighted by Crippen LogP contribution is 2.26. The number of nitrogens with one attached hydrogen (secondary N) is 3. The van der Waals surface area contributed by atoms with Gasteiger partial charge in [0, 0.05) is 23.5 Å². The minimum Gasteiger partial charge on any atom is -0.350 e. The monoisotopic (exact) mass is 702 g/mol. The Bertz CT molecular complexity index is 1810. The fourth-order valence-corrected chi connectivity index (χ4v) is 6.70. The van der Waals surface area contributed by atoms with Gasteiger partial charge in [0.1, 0.15) is 28.9 Å². The Kier molecular flexibility index (Phi) is 11.7. The fourth-order valence-electron chi connectivity index (χ4n) is 5.84. The lowest BCUT2D eigenvalue weighted by atomic mass is 10.0. The average Bonchev–Trinajstić information content (AvgIpc) is 3.70. The smallest absolute Gasteiger partial charge is 0.271 e. The zero-order valence-electron chi connectivity index (χ0n) is 28.9. The summed E-state index contributed by atoms with van der Waals surface area (Å²) in [5.41, 5.74) is 1.33. The van der Waals surface area contributed by atoms with Crippen molar-refractivity contribution >= 4 is 35.0 Å². The van der Waals surface area contributed by atoms with Crippen LogP contribution in [0.1, 0.15) is 89.3 Å². The minimum atomic E-state index is -0.654. The Morgan fingerprint density at radius 2 is 1.62 bits per heavy atom. The van der Waals surface area contributed by atoms with Crippen molar-refractivity contribution in [2.45, 2.75) is 72.1 Å². The van der Waals surface area contributed by atoms with Crippen LogP contribution in [0.3, 0.4) is 0 Å². The number of carbonyl (C=O) groups is 4. The molecule has 264 valence electrons. The molecule has 1 aliphatic heterocycles. The van der Waals surface area contributed by atoms with Crippen molar-refractivity contribution in [3.8, 4) is 0 Å². The van der Waals surface area contributed by atoms with Crippen LogP contribution in [0.2, 0.25) is 0 Å². The Hall–Kier alpha value is -4.98. The van der Waals surface area contributed by atoms with E-state index in [0.29, 0.717) is 29.5 Å². The highest BCUT2D eigenvalue weighted by Gasteiger charge is 2.30. The summed E-state index contributed by atoms with van der Waals surface area (Å²) in [5, 5.41) is 15.8. The molecular formula is C36H43FN8O4S. The van der Waals surface area contributed by atoms with E-state index in [1.165, 1.54) is 45.2 Å². The number of hydrogen-bond acceptors (Lipinski definition) is 8. The lowest BCUT2D eigenvalue weighted by Crippen LogP contribution is -2.51. The molecule has 3 N–H and O–H groups in total. The largest absolute Gasteiger partial charge is 0.350 e. The number of aryl methyl sites for hydroxylation is 1. The van der Waals surface area contributed by atoms with E-state index >= 15 is 0 Å². The zero-order chi connectivity index (χ0) is 35.9. The van der Waals surface area contributed by atoms with Crippen LogP contribution < -0.4 is 16.0 Å². The first-order chi connectivity index (χ1) is 23.9. The van der Waals surface area contributed by atoms with Crippen LogP contribution >= 0.6 is 11.3 Å². The van der Waals surface area contributed by atoms with Gasteiger partial charge in [-0.3, -0.25) is 19.2 Å². The highest BCUT2D eigenvalue weighted by molar-refractivity contribution is 7.09. The topological polar surface area (TPSA) is 151 Å². The predicted octanol–water partition coefficient (Wildman–Crippen LogP) is 4.40. The quantitative estimate of drug-likeness (QED) is 0.270. The van der Waals surface area contributed by atoms with E-state index in [0.717, 1.165) is 5.56 Å². The van der Waals surface area contributed by atoms with E-state index in [-0.39, 0.29) is 48.6 Å². The third kappa shape index (κ3) is 9.37. The number of carbonyl (C=O) groups excluding carboxylic acids is 4. The fraction of sp³-hybridized carbons (Fsp3) is 0.417. The molecule has 14 heteroatoms. The Labute approximate surface area is 294 Å². The molecule has 0 spiro atoms. The Morgan fingerprint density at radius 1 is 0.920 bits per heavy atom. The van der Waals surface area contributed by atoms with Crippen LogP contribution in [-0.4, -0.2) is 67.4 Å². The summed E-state index contributed by atoms with van der Waals surface area (Å²) in [5.74, 6) is -1.37. The minimum absolute atomic E-state index is 0.0131. The lowest BCUT2D eigenvalue weighted by molar-refractivity contribution is -0.123. The molecule has 1 aliphatic rings. The van der Waals surface area contributed by atoms with Gasteiger partial charge in [0.15, 0.2) is 5.82 Å². The van der Waals surface area contributed by atoms with E-state index in [2.05, 4.69) is 31.0 Å². The average molecular weight is 703 g/mol. The summed E-state index contributed by atoms with van der Waals surface area (Å²) in [6.07, 6.45) is 0.917. The molecule has 5 rings (SSSR count). The van der Waals surface area contributed by atoms with Gasteiger partial charge in [0.05, 0.1) is 18.6 Å². The van der Waals surface area contributed by atoms with Gasteiger partial charge in [-0.05, 0) is 61.4 Å². The summed E-state index contributed by atoms with van der Waals surface area (Å²) in [6, 6.07) is 13.0. The van der Waals surface area contributed by atoms with Gasteiger partial charge < -0.3 is 20.9 Å². The zero-order valence-corrected chi connectivity index (χ0v) is 29.7. The first-order valence-corrected chi connectivity index (χ1v) is 17.6. The molecular weight excluding hydrogens is 660 g/mol. The van der Waals surface area contributed by atoms with Crippen molar-refractivity contribution < 1.29 is 23.6 Å². The SMILES string of the molecule is Cc1nc2n(n1)CC(=O)N[C@@H](C(C)C)CN(C(=O)c1ccc(F)cc1)CC(=O)N[C@@H](CC(C)C)c1nc(cs1)C(=O)N[C@H]2Cc1ccccc1. The summed E-state index contributed by atoms with van der Waals surface area (Å²) < 4.78 is 15.2. The second-order valence-corrected chi connectivity index (χ2v) is 14.2. The number of nitrogens with zero attached hydrogens (tertiary/aromatic N) is 5. The van der Waals surface area contributed by atoms with E-state index < -0.39 is 41.7 Å². The second kappa shape index (κ2) is 16.2. The van der Waals surface area contributed by atoms with Gasteiger partial charge in [-0.25, -0.2) is 19.0 Å². The molecule has 3 heterocycles. The molecule has 0 radical (unpaired) electrons. The number of benzene rings is 2. The molecule has 2 bridgehead atoms. The second-order valence-electron chi connectivity index (χ2n) is 13.3. The molecule has 0 fully saturated rings. The van der Waals surface area contributed by atoms with Crippen LogP contribution in [-0.2, 0) is 22.6 Å². The molecule has 0 aliphatic carbocycles. The molecule has 0 saturated heterocycles. The van der Waals surface area contributed by atoms with E-state index in [1.807, 2.05) is 58.0 Å². The molecule has 4 amide bonds. The molecule has 4 aromatic rings. The van der Waals surface area contributed by atoms with Gasteiger partial charge >= 0.3 is 0 Å². The van der Waals surface area contributed by atoms with E-state index in [9.17, 15) is 23.6 Å². The number of hydrogen-bond donors (Lipinski definition) is 3. The van der Waals surface area contributed by atoms with Crippen molar-refractivity contribution in [1.29, 1.82) is 0 Å². The van der Waals surface area contributed by atoms with Crippen molar-refractivity contribution in [2.24, 2.45) is 11.8 Å². The van der Waals surface area contributed by atoms with Crippen molar-refractivity contribution in [1.82, 2.24) is 40.6 Å². The maximum absolute atomic E-state index is 13.8. The van der Waals surface area contributed by atoms with Crippen LogP contribution in [0, 0.1) is 24.6 Å².